The fourth-order valence-electron chi connectivity index (χ4n) is 1.94. The molecule has 1 fully saturated rings. The predicted octanol–water partition coefficient (Wildman–Crippen LogP) is 0.969. The van der Waals surface area contributed by atoms with Crippen molar-refractivity contribution < 1.29 is 9.53 Å². The normalized spacial score (nSPS) is 26.3. The van der Waals surface area contributed by atoms with E-state index in [1.165, 1.54) is 0 Å². The molecule has 88 valence electrons. The maximum Gasteiger partial charge on any atom is 0.240 e. The van der Waals surface area contributed by atoms with Crippen LogP contribution in [0.4, 0.5) is 0 Å². The fraction of sp³-hybridized carbons (Fsp3) is 0.909. The molecule has 15 heavy (non-hydrogen) atoms. The van der Waals surface area contributed by atoms with Crippen molar-refractivity contribution in [1.29, 1.82) is 0 Å². The van der Waals surface area contributed by atoms with E-state index in [2.05, 4.69) is 12.2 Å². The van der Waals surface area contributed by atoms with E-state index in [0.29, 0.717) is 0 Å². The molecule has 4 nitrogen and oxygen atoms in total. The van der Waals surface area contributed by atoms with Crippen LogP contribution < -0.4 is 5.32 Å². The Hall–Kier alpha value is -0.610. The number of carbonyl (C=O) groups is 1. The van der Waals surface area contributed by atoms with Crippen LogP contribution in [0.1, 0.15) is 33.6 Å². The molecular formula is C11H22N2O2. The van der Waals surface area contributed by atoms with Gasteiger partial charge in [0.15, 0.2) is 0 Å². The Morgan fingerprint density at radius 1 is 1.47 bits per heavy atom. The van der Waals surface area contributed by atoms with Gasteiger partial charge in [0, 0.05) is 19.8 Å². The summed E-state index contributed by atoms with van der Waals surface area (Å²) >= 11 is 0. The van der Waals surface area contributed by atoms with E-state index in [4.69, 9.17) is 4.74 Å². The summed E-state index contributed by atoms with van der Waals surface area (Å²) in [5.74, 6) is 0.221. The van der Waals surface area contributed by atoms with Crippen molar-refractivity contribution >= 4 is 5.91 Å². The van der Waals surface area contributed by atoms with Crippen LogP contribution in [-0.2, 0) is 9.53 Å². The number of nitrogens with zero attached hydrogens (tertiary/aromatic N) is 1. The summed E-state index contributed by atoms with van der Waals surface area (Å²) in [7, 11) is 0. The molecule has 0 aliphatic carbocycles. The third-order valence-electron chi connectivity index (χ3n) is 2.75. The van der Waals surface area contributed by atoms with Crippen molar-refractivity contribution in [3.05, 3.63) is 0 Å². The third-order valence-corrected chi connectivity index (χ3v) is 2.75. The maximum absolute atomic E-state index is 11.8. The topological polar surface area (TPSA) is 41.6 Å². The van der Waals surface area contributed by atoms with E-state index >= 15 is 0 Å². The Labute approximate surface area is 92.0 Å². The molecule has 4 heteroatoms. The summed E-state index contributed by atoms with van der Waals surface area (Å²) in [4.78, 5) is 13.7. The zero-order chi connectivity index (χ0) is 11.3. The number of hydrogen-bond donors (Lipinski definition) is 1. The van der Waals surface area contributed by atoms with E-state index in [1.54, 1.807) is 0 Å². The minimum absolute atomic E-state index is 0.0259. The average molecular weight is 214 g/mol. The van der Waals surface area contributed by atoms with Gasteiger partial charge in [0.2, 0.25) is 5.91 Å². The minimum Gasteiger partial charge on any atom is -0.382 e. The molecule has 0 aromatic rings. The van der Waals surface area contributed by atoms with Gasteiger partial charge in [-0.2, -0.15) is 0 Å². The lowest BCUT2D eigenvalue weighted by atomic mass is 10.3. The first-order valence-electron chi connectivity index (χ1n) is 5.85. The summed E-state index contributed by atoms with van der Waals surface area (Å²) in [6.07, 6.45) is 2.10. The van der Waals surface area contributed by atoms with Gasteiger partial charge in [-0.1, -0.05) is 6.92 Å². The average Bonchev–Trinajstić information content (AvgIpc) is 2.51. The molecule has 1 aliphatic rings. The van der Waals surface area contributed by atoms with Gasteiger partial charge in [-0.15, -0.1) is 0 Å². The van der Waals surface area contributed by atoms with Crippen LogP contribution in [0, 0.1) is 0 Å². The molecule has 1 amide bonds. The smallest absolute Gasteiger partial charge is 0.240 e. The SMILES string of the molecule is CCOCCCN1C(=O)C(C)NC1CC. The highest BCUT2D eigenvalue weighted by atomic mass is 16.5. The lowest BCUT2D eigenvalue weighted by molar-refractivity contribution is -0.129. The molecule has 2 unspecified atom stereocenters. The first-order valence-corrected chi connectivity index (χ1v) is 5.85. The summed E-state index contributed by atoms with van der Waals surface area (Å²) in [6.45, 7) is 8.30. The second kappa shape index (κ2) is 6.08. The Morgan fingerprint density at radius 2 is 2.20 bits per heavy atom. The Morgan fingerprint density at radius 3 is 2.80 bits per heavy atom. The number of ether oxygens (including phenoxy) is 1. The number of hydrogen-bond acceptors (Lipinski definition) is 3. The predicted molar refractivity (Wildman–Crippen MR) is 59.5 cm³/mol. The first-order chi connectivity index (χ1) is 7.20. The Bertz CT molecular complexity index is 209. The maximum atomic E-state index is 11.8. The van der Waals surface area contributed by atoms with Gasteiger partial charge in [-0.25, -0.2) is 0 Å². The van der Waals surface area contributed by atoms with Crippen molar-refractivity contribution in [2.24, 2.45) is 0 Å². The monoisotopic (exact) mass is 214 g/mol. The van der Waals surface area contributed by atoms with E-state index < -0.39 is 0 Å². The lowest BCUT2D eigenvalue weighted by Crippen LogP contribution is -2.37. The summed E-state index contributed by atoms with van der Waals surface area (Å²) in [6, 6.07) is -0.0259. The van der Waals surface area contributed by atoms with Crippen molar-refractivity contribution in [3.63, 3.8) is 0 Å². The molecular weight excluding hydrogens is 192 g/mol. The highest BCUT2D eigenvalue weighted by molar-refractivity contribution is 5.83. The molecule has 0 aromatic carbocycles. The zero-order valence-corrected chi connectivity index (χ0v) is 9.95. The van der Waals surface area contributed by atoms with Gasteiger partial charge < -0.3 is 9.64 Å². The van der Waals surface area contributed by atoms with Gasteiger partial charge in [-0.3, -0.25) is 10.1 Å². The number of nitrogens with one attached hydrogen (secondary N) is 1. The summed E-state index contributed by atoms with van der Waals surface area (Å²) in [5.41, 5.74) is 0. The second-order valence-electron chi connectivity index (χ2n) is 3.89. The fourth-order valence-corrected chi connectivity index (χ4v) is 1.94. The Balaban J connectivity index is 2.34. The van der Waals surface area contributed by atoms with Crippen molar-refractivity contribution in [2.75, 3.05) is 19.8 Å². The van der Waals surface area contributed by atoms with Crippen molar-refractivity contribution in [3.8, 4) is 0 Å². The number of amides is 1. The number of rotatable bonds is 6. The molecule has 0 radical (unpaired) electrons. The molecule has 1 aliphatic heterocycles. The molecule has 1 heterocycles. The van der Waals surface area contributed by atoms with Crippen molar-refractivity contribution in [2.45, 2.75) is 45.8 Å². The van der Waals surface area contributed by atoms with Gasteiger partial charge in [0.25, 0.3) is 0 Å². The van der Waals surface area contributed by atoms with Crippen LogP contribution in [-0.4, -0.2) is 42.8 Å². The van der Waals surface area contributed by atoms with Crippen LogP contribution in [0.5, 0.6) is 0 Å². The van der Waals surface area contributed by atoms with Gasteiger partial charge in [0.05, 0.1) is 12.2 Å². The van der Waals surface area contributed by atoms with E-state index in [1.807, 2.05) is 18.7 Å². The Kier molecular flexibility index (Phi) is 5.05. The highest BCUT2D eigenvalue weighted by Crippen LogP contribution is 2.13. The van der Waals surface area contributed by atoms with E-state index in [-0.39, 0.29) is 18.1 Å². The van der Waals surface area contributed by atoms with E-state index in [0.717, 1.165) is 32.6 Å². The van der Waals surface area contributed by atoms with Crippen LogP contribution >= 0.6 is 0 Å². The first kappa shape index (κ1) is 12.5. The van der Waals surface area contributed by atoms with Crippen LogP contribution in [0.15, 0.2) is 0 Å². The van der Waals surface area contributed by atoms with Gasteiger partial charge in [-0.05, 0) is 26.7 Å². The third kappa shape index (κ3) is 3.18. The molecule has 0 aromatic heterocycles. The molecule has 0 spiro atoms. The van der Waals surface area contributed by atoms with Crippen molar-refractivity contribution in [1.82, 2.24) is 10.2 Å². The standard InChI is InChI=1S/C11H22N2O2/c1-4-10-12-9(3)11(14)13(10)7-6-8-15-5-2/h9-10,12H,4-8H2,1-3H3. The molecule has 1 rings (SSSR count). The van der Waals surface area contributed by atoms with Crippen LogP contribution in [0.2, 0.25) is 0 Å². The van der Waals surface area contributed by atoms with Gasteiger partial charge >= 0.3 is 0 Å². The minimum atomic E-state index is -0.0259. The molecule has 0 saturated carbocycles. The molecule has 1 saturated heterocycles. The summed E-state index contributed by atoms with van der Waals surface area (Å²) in [5, 5.41) is 3.28. The van der Waals surface area contributed by atoms with Crippen LogP contribution in [0.25, 0.3) is 0 Å². The lowest BCUT2D eigenvalue weighted by Gasteiger charge is -2.22. The molecule has 1 N–H and O–H groups in total. The molecule has 0 bridgehead atoms. The summed E-state index contributed by atoms with van der Waals surface area (Å²) < 4.78 is 5.27. The van der Waals surface area contributed by atoms with Gasteiger partial charge in [0.1, 0.15) is 0 Å². The highest BCUT2D eigenvalue weighted by Gasteiger charge is 2.34. The number of carbonyl (C=O) groups excluding carboxylic acids is 1. The van der Waals surface area contributed by atoms with Crippen LogP contribution in [0.3, 0.4) is 0 Å². The molecule has 2 atom stereocenters. The zero-order valence-electron chi connectivity index (χ0n) is 9.95. The quantitative estimate of drug-likeness (QED) is 0.670. The van der Waals surface area contributed by atoms with E-state index in [9.17, 15) is 4.79 Å². The largest absolute Gasteiger partial charge is 0.382 e. The second-order valence-corrected chi connectivity index (χ2v) is 3.89.